The molecule has 1 heterocycles. The van der Waals surface area contributed by atoms with E-state index < -0.39 is 19.8 Å². The molecule has 6 heteroatoms. The maximum atomic E-state index is 12.3. The first-order valence-corrected chi connectivity index (χ1v) is 12.4. The molecule has 0 radical (unpaired) electrons. The molecule has 0 unspecified atom stereocenters. The minimum atomic E-state index is -1.57. The van der Waals surface area contributed by atoms with E-state index in [1.54, 1.807) is 19.2 Å². The molecular weight excluding hydrogens is 344 g/mol. The molecule has 0 aromatic carbocycles. The molecule has 0 bridgehead atoms. The summed E-state index contributed by atoms with van der Waals surface area (Å²) in [7, 11) is 0.100. The molecule has 5 nitrogen and oxygen atoms in total. The van der Waals surface area contributed by atoms with Crippen LogP contribution in [0.5, 0.6) is 0 Å². The number of carbonyl (C=O) groups excluding carboxylic acids is 1. The summed E-state index contributed by atoms with van der Waals surface area (Å²) in [5.74, 6) is 3.20. The molecule has 0 aliphatic carbocycles. The summed E-state index contributed by atoms with van der Waals surface area (Å²) in [6.07, 6.45) is -0.418. The van der Waals surface area contributed by atoms with Crippen LogP contribution in [0.2, 0.25) is 19.6 Å². The number of nitrogens with zero attached hydrogens (tertiary/aromatic N) is 2. The molecular formula is C20H32N2O3Si. The van der Waals surface area contributed by atoms with E-state index in [9.17, 15) is 9.59 Å². The first-order valence-electron chi connectivity index (χ1n) is 8.92. The second-order valence-corrected chi connectivity index (χ2v) is 13.6. The molecule has 0 saturated heterocycles. The molecule has 144 valence electrons. The summed E-state index contributed by atoms with van der Waals surface area (Å²) >= 11 is 0. The van der Waals surface area contributed by atoms with Crippen LogP contribution in [-0.4, -0.2) is 36.3 Å². The van der Waals surface area contributed by atoms with Crippen LogP contribution in [0.1, 0.15) is 52.0 Å². The second kappa shape index (κ2) is 8.13. The molecule has 0 spiro atoms. The van der Waals surface area contributed by atoms with Gasteiger partial charge in [0.25, 0.3) is 0 Å². The number of carbonyl (C=O) groups is 1. The highest BCUT2D eigenvalue weighted by Gasteiger charge is 2.21. The second-order valence-electron chi connectivity index (χ2n) is 8.87. The normalized spacial score (nSPS) is 11.8. The van der Waals surface area contributed by atoms with Crippen LogP contribution in [0, 0.1) is 11.5 Å². The molecule has 1 aromatic rings. The third-order valence-corrected chi connectivity index (χ3v) is 4.22. The first kappa shape index (κ1) is 22.0. The summed E-state index contributed by atoms with van der Waals surface area (Å²) in [5.41, 5.74) is 4.10. The van der Waals surface area contributed by atoms with Gasteiger partial charge in [0, 0.05) is 30.9 Å². The number of rotatable bonds is 3. The fourth-order valence-corrected chi connectivity index (χ4v) is 2.86. The predicted octanol–water partition coefficient (Wildman–Crippen LogP) is 4.03. The number of ether oxygens (including phenoxy) is 1. The maximum absolute atomic E-state index is 12.3. The average Bonchev–Trinajstić information content (AvgIpc) is 2.41. The Labute approximate surface area is 158 Å². The van der Waals surface area contributed by atoms with Crippen LogP contribution in [0.3, 0.4) is 0 Å². The lowest BCUT2D eigenvalue weighted by Gasteiger charge is -2.27. The zero-order valence-electron chi connectivity index (χ0n) is 17.6. The summed E-state index contributed by atoms with van der Waals surface area (Å²) in [6.45, 7) is 16.3. The van der Waals surface area contributed by atoms with Gasteiger partial charge < -0.3 is 14.2 Å². The molecule has 0 saturated carbocycles. The predicted molar refractivity (Wildman–Crippen MR) is 109 cm³/mol. The number of aromatic nitrogens is 1. The molecule has 26 heavy (non-hydrogen) atoms. The quantitative estimate of drug-likeness (QED) is 0.591. The van der Waals surface area contributed by atoms with Gasteiger partial charge >= 0.3 is 6.09 Å². The first-order chi connectivity index (χ1) is 11.7. The van der Waals surface area contributed by atoms with Gasteiger partial charge in [-0.15, -0.1) is 5.54 Å². The van der Waals surface area contributed by atoms with E-state index in [0.29, 0.717) is 5.69 Å². The summed E-state index contributed by atoms with van der Waals surface area (Å²) in [5, 5.41) is 0. The lowest BCUT2D eigenvalue weighted by atomic mass is 10.2. The number of hydrogen-bond acceptors (Lipinski definition) is 3. The van der Waals surface area contributed by atoms with Gasteiger partial charge in [-0.2, -0.15) is 0 Å². The van der Waals surface area contributed by atoms with E-state index >= 15 is 0 Å². The Morgan fingerprint density at radius 1 is 1.27 bits per heavy atom. The van der Waals surface area contributed by atoms with Gasteiger partial charge in [-0.3, -0.25) is 4.79 Å². The van der Waals surface area contributed by atoms with Crippen molar-refractivity contribution in [3.05, 3.63) is 33.7 Å². The highest BCUT2D eigenvalue weighted by atomic mass is 28.3. The Hall–Kier alpha value is -2.00. The molecule has 0 N–H and O–H groups in total. The maximum Gasteiger partial charge on any atom is 0.410 e. The van der Waals surface area contributed by atoms with E-state index in [4.69, 9.17) is 4.74 Å². The summed E-state index contributed by atoms with van der Waals surface area (Å²) in [6, 6.07) is 3.26. The minimum Gasteiger partial charge on any atom is -0.444 e. The van der Waals surface area contributed by atoms with Gasteiger partial charge in [0.05, 0.1) is 12.2 Å². The topological polar surface area (TPSA) is 51.5 Å². The Morgan fingerprint density at radius 2 is 1.85 bits per heavy atom. The van der Waals surface area contributed by atoms with Crippen molar-refractivity contribution in [2.24, 2.45) is 0 Å². The lowest BCUT2D eigenvalue weighted by molar-refractivity contribution is 0.0280. The fourth-order valence-electron chi connectivity index (χ4n) is 2.36. The summed E-state index contributed by atoms with van der Waals surface area (Å²) in [4.78, 5) is 25.9. The minimum absolute atomic E-state index is 0.102. The van der Waals surface area contributed by atoms with Crippen molar-refractivity contribution in [1.29, 1.82) is 0 Å². The van der Waals surface area contributed by atoms with E-state index in [-0.39, 0.29) is 18.0 Å². The molecule has 0 aliphatic rings. The monoisotopic (exact) mass is 376 g/mol. The molecule has 1 aromatic heterocycles. The molecule has 0 aliphatic heterocycles. The van der Waals surface area contributed by atoms with Gasteiger partial charge in [0.1, 0.15) is 13.7 Å². The number of pyridine rings is 1. The summed E-state index contributed by atoms with van der Waals surface area (Å²) < 4.78 is 7.43. The SMILES string of the molecule is CC(C)n1c(C#C[Si](C)(C)C)cc(=O)cc1CN(C)C(=O)OC(C)(C)C. The number of amides is 1. The Balaban J connectivity index is 3.30. The molecule has 1 rings (SSSR count). The van der Waals surface area contributed by atoms with Crippen LogP contribution in [0.25, 0.3) is 0 Å². The van der Waals surface area contributed by atoms with Crippen molar-refractivity contribution in [2.75, 3.05) is 7.05 Å². The van der Waals surface area contributed by atoms with Crippen molar-refractivity contribution in [2.45, 2.75) is 72.4 Å². The van der Waals surface area contributed by atoms with Gasteiger partial charge in [0.2, 0.25) is 0 Å². The van der Waals surface area contributed by atoms with Crippen molar-refractivity contribution >= 4 is 14.2 Å². The van der Waals surface area contributed by atoms with Crippen molar-refractivity contribution in [3.8, 4) is 11.5 Å². The molecule has 0 fully saturated rings. The third kappa shape index (κ3) is 7.09. The molecule has 0 atom stereocenters. The zero-order chi connectivity index (χ0) is 20.3. The van der Waals surface area contributed by atoms with Crippen LogP contribution in [0.4, 0.5) is 4.79 Å². The smallest absolute Gasteiger partial charge is 0.410 e. The highest BCUT2D eigenvalue weighted by Crippen LogP contribution is 2.16. The standard InChI is InChI=1S/C20H32N2O3Si/c1-15(2)22-16(10-11-26(7,8)9)12-18(23)13-17(22)14-21(6)19(24)25-20(3,4)5/h12-13,15H,14H2,1-9H3. The Kier molecular flexibility index (Phi) is 6.89. The zero-order valence-corrected chi connectivity index (χ0v) is 18.6. The average molecular weight is 377 g/mol. The van der Waals surface area contributed by atoms with Crippen molar-refractivity contribution < 1.29 is 9.53 Å². The van der Waals surface area contributed by atoms with Crippen molar-refractivity contribution in [3.63, 3.8) is 0 Å². The van der Waals surface area contributed by atoms with Gasteiger partial charge in [-0.25, -0.2) is 4.79 Å². The largest absolute Gasteiger partial charge is 0.444 e. The van der Waals surface area contributed by atoms with Crippen LogP contribution >= 0.6 is 0 Å². The third-order valence-electron chi connectivity index (χ3n) is 3.34. The molecule has 1 amide bonds. The number of hydrogen-bond donors (Lipinski definition) is 0. The van der Waals surface area contributed by atoms with Gasteiger partial charge in [-0.05, 0) is 34.6 Å². The van der Waals surface area contributed by atoms with Gasteiger partial charge in [0.15, 0.2) is 5.43 Å². The van der Waals surface area contributed by atoms with E-state index in [1.165, 1.54) is 4.90 Å². The van der Waals surface area contributed by atoms with Crippen LogP contribution in [0.15, 0.2) is 16.9 Å². The van der Waals surface area contributed by atoms with E-state index in [2.05, 4.69) is 31.1 Å². The highest BCUT2D eigenvalue weighted by molar-refractivity contribution is 6.83. The Bertz CT molecular complexity index is 771. The fraction of sp³-hybridized carbons (Fsp3) is 0.600. The van der Waals surface area contributed by atoms with Crippen LogP contribution < -0.4 is 5.43 Å². The van der Waals surface area contributed by atoms with Crippen molar-refractivity contribution in [1.82, 2.24) is 9.47 Å². The van der Waals surface area contributed by atoms with E-state index in [0.717, 1.165) is 5.69 Å². The van der Waals surface area contributed by atoms with Crippen LogP contribution in [-0.2, 0) is 11.3 Å². The van der Waals surface area contributed by atoms with E-state index in [1.807, 2.05) is 39.2 Å². The Morgan fingerprint density at radius 3 is 2.31 bits per heavy atom. The lowest BCUT2D eigenvalue weighted by Crippen LogP contribution is -2.35. The van der Waals surface area contributed by atoms with Gasteiger partial charge in [-0.1, -0.05) is 25.6 Å².